The lowest BCUT2D eigenvalue weighted by Gasteiger charge is -2.04. The predicted molar refractivity (Wildman–Crippen MR) is 28.6 cm³/mol. The summed E-state index contributed by atoms with van der Waals surface area (Å²) in [7, 11) is 1.83. The van der Waals surface area contributed by atoms with E-state index in [4.69, 9.17) is 5.21 Å². The molecule has 0 saturated carbocycles. The van der Waals surface area contributed by atoms with E-state index in [2.05, 4.69) is 5.16 Å². The number of oxime groups is 1. The van der Waals surface area contributed by atoms with Gasteiger partial charge in [0, 0.05) is 13.6 Å². The first-order valence-corrected chi connectivity index (χ1v) is 2.19. The van der Waals surface area contributed by atoms with Gasteiger partial charge in [-0.25, -0.2) is 0 Å². The minimum atomic E-state index is 0.865. The first-order valence-electron chi connectivity index (χ1n) is 2.19. The Kier molecular flexibility index (Phi) is 3.10. The highest BCUT2D eigenvalue weighted by atomic mass is 16.4. The van der Waals surface area contributed by atoms with Crippen LogP contribution in [0.15, 0.2) is 5.16 Å². The predicted octanol–water partition coefficient (Wildman–Crippen LogP) is 0.356. The monoisotopic (exact) mass is 102 g/mol. The Morgan fingerprint density at radius 2 is 2.43 bits per heavy atom. The van der Waals surface area contributed by atoms with E-state index < -0.39 is 0 Å². The van der Waals surface area contributed by atoms with Crippen LogP contribution in [0.2, 0.25) is 0 Å². The van der Waals surface area contributed by atoms with E-state index in [1.165, 1.54) is 6.34 Å². The molecule has 0 aromatic heterocycles. The third-order valence-corrected chi connectivity index (χ3v) is 0.748. The van der Waals surface area contributed by atoms with Gasteiger partial charge in [0.25, 0.3) is 0 Å². The van der Waals surface area contributed by atoms with E-state index in [9.17, 15) is 0 Å². The van der Waals surface area contributed by atoms with Crippen LogP contribution in [0.5, 0.6) is 0 Å². The summed E-state index contributed by atoms with van der Waals surface area (Å²) in [5.41, 5.74) is 0. The Hall–Kier alpha value is -0.730. The Morgan fingerprint density at radius 1 is 1.86 bits per heavy atom. The molecule has 0 amide bonds. The smallest absolute Gasteiger partial charge is 0.130 e. The Morgan fingerprint density at radius 3 is 2.57 bits per heavy atom. The molecule has 0 aromatic rings. The van der Waals surface area contributed by atoms with E-state index >= 15 is 0 Å². The summed E-state index contributed by atoms with van der Waals surface area (Å²) >= 11 is 0. The molecule has 0 spiro atoms. The fourth-order valence-corrected chi connectivity index (χ4v) is 0.170. The van der Waals surface area contributed by atoms with Gasteiger partial charge < -0.3 is 10.1 Å². The van der Waals surface area contributed by atoms with Crippen LogP contribution in [0.25, 0.3) is 0 Å². The summed E-state index contributed by atoms with van der Waals surface area (Å²) in [5, 5.41) is 10.7. The Bertz CT molecular complexity index is 62.7. The van der Waals surface area contributed by atoms with Crippen molar-refractivity contribution in [1.82, 2.24) is 4.90 Å². The molecule has 42 valence electrons. The van der Waals surface area contributed by atoms with Crippen LogP contribution in [-0.2, 0) is 0 Å². The van der Waals surface area contributed by atoms with Gasteiger partial charge in [-0.2, -0.15) is 0 Å². The third kappa shape index (κ3) is 3.09. The maximum absolute atomic E-state index is 7.90. The molecule has 0 fully saturated rings. The average molecular weight is 102 g/mol. The van der Waals surface area contributed by atoms with Crippen molar-refractivity contribution in [2.45, 2.75) is 6.92 Å². The lowest BCUT2D eigenvalue weighted by molar-refractivity contribution is 0.312. The minimum absolute atomic E-state index is 0.865. The second-order valence-corrected chi connectivity index (χ2v) is 1.30. The zero-order valence-electron chi connectivity index (χ0n) is 4.63. The van der Waals surface area contributed by atoms with Crippen molar-refractivity contribution in [3.8, 4) is 0 Å². The first kappa shape index (κ1) is 6.27. The molecule has 0 heterocycles. The molecular formula is C4H10N2O. The number of hydrogen-bond acceptors (Lipinski definition) is 2. The minimum Gasteiger partial charge on any atom is -0.410 e. The number of nitrogens with zero attached hydrogens (tertiary/aromatic N) is 2. The zero-order chi connectivity index (χ0) is 5.70. The lowest BCUT2D eigenvalue weighted by Crippen LogP contribution is -2.14. The molecule has 0 rings (SSSR count). The van der Waals surface area contributed by atoms with Gasteiger partial charge in [0.1, 0.15) is 6.34 Å². The van der Waals surface area contributed by atoms with Crippen LogP contribution in [0.3, 0.4) is 0 Å². The van der Waals surface area contributed by atoms with Gasteiger partial charge in [-0.1, -0.05) is 5.16 Å². The summed E-state index contributed by atoms with van der Waals surface area (Å²) in [6.07, 6.45) is 1.36. The topological polar surface area (TPSA) is 35.8 Å². The van der Waals surface area contributed by atoms with Crippen LogP contribution >= 0.6 is 0 Å². The van der Waals surface area contributed by atoms with Crippen molar-refractivity contribution in [2.24, 2.45) is 5.16 Å². The second-order valence-electron chi connectivity index (χ2n) is 1.30. The lowest BCUT2D eigenvalue weighted by atomic mass is 10.7. The molecule has 0 saturated heterocycles. The van der Waals surface area contributed by atoms with Crippen LogP contribution in [0.1, 0.15) is 6.92 Å². The summed E-state index contributed by atoms with van der Waals surface area (Å²) in [6.45, 7) is 2.84. The summed E-state index contributed by atoms with van der Waals surface area (Å²) in [4.78, 5) is 1.76. The van der Waals surface area contributed by atoms with E-state index in [0.717, 1.165) is 6.54 Å². The molecule has 0 aromatic carbocycles. The standard InChI is InChI=1S/C4H10N2O/c1-3-6(2)4-5-7/h4,7H,3H2,1-2H3. The molecule has 0 aliphatic carbocycles. The highest BCUT2D eigenvalue weighted by Gasteiger charge is 1.79. The van der Waals surface area contributed by atoms with Gasteiger partial charge >= 0.3 is 0 Å². The van der Waals surface area contributed by atoms with Crippen molar-refractivity contribution in [1.29, 1.82) is 0 Å². The summed E-state index contributed by atoms with van der Waals surface area (Å²) < 4.78 is 0. The summed E-state index contributed by atoms with van der Waals surface area (Å²) in [5.74, 6) is 0. The normalized spacial score (nSPS) is 10.0. The highest BCUT2D eigenvalue weighted by Crippen LogP contribution is 1.69. The van der Waals surface area contributed by atoms with Gasteiger partial charge in [-0.15, -0.1) is 0 Å². The molecule has 0 atom stereocenters. The zero-order valence-corrected chi connectivity index (χ0v) is 4.63. The molecule has 0 aliphatic rings. The van der Waals surface area contributed by atoms with E-state index in [0.29, 0.717) is 0 Å². The van der Waals surface area contributed by atoms with E-state index in [1.54, 1.807) is 4.90 Å². The van der Waals surface area contributed by atoms with Crippen LogP contribution < -0.4 is 0 Å². The van der Waals surface area contributed by atoms with Crippen molar-refractivity contribution >= 4 is 6.34 Å². The van der Waals surface area contributed by atoms with Gasteiger partial charge in [-0.3, -0.25) is 0 Å². The van der Waals surface area contributed by atoms with E-state index in [-0.39, 0.29) is 0 Å². The fourth-order valence-electron chi connectivity index (χ4n) is 0.170. The second kappa shape index (κ2) is 3.46. The SMILES string of the molecule is CCN(C)C=NO. The fraction of sp³-hybridized carbons (Fsp3) is 0.750. The molecule has 0 radical (unpaired) electrons. The first-order chi connectivity index (χ1) is 3.31. The van der Waals surface area contributed by atoms with E-state index in [1.807, 2.05) is 14.0 Å². The third-order valence-electron chi connectivity index (χ3n) is 0.748. The number of hydrogen-bond donors (Lipinski definition) is 1. The van der Waals surface area contributed by atoms with Crippen LogP contribution in [-0.4, -0.2) is 30.0 Å². The van der Waals surface area contributed by atoms with Crippen molar-refractivity contribution in [3.05, 3.63) is 0 Å². The maximum atomic E-state index is 7.90. The Labute approximate surface area is 43.2 Å². The molecule has 3 heteroatoms. The largest absolute Gasteiger partial charge is 0.410 e. The van der Waals surface area contributed by atoms with Gasteiger partial charge in [0.15, 0.2) is 0 Å². The highest BCUT2D eigenvalue weighted by molar-refractivity contribution is 5.52. The molecule has 0 bridgehead atoms. The molecule has 7 heavy (non-hydrogen) atoms. The molecule has 3 nitrogen and oxygen atoms in total. The van der Waals surface area contributed by atoms with Crippen molar-refractivity contribution < 1.29 is 5.21 Å². The van der Waals surface area contributed by atoms with Gasteiger partial charge in [0.2, 0.25) is 0 Å². The quantitative estimate of drug-likeness (QED) is 0.236. The van der Waals surface area contributed by atoms with Crippen LogP contribution in [0, 0.1) is 0 Å². The van der Waals surface area contributed by atoms with Crippen LogP contribution in [0.4, 0.5) is 0 Å². The molecule has 0 aliphatic heterocycles. The molecular weight excluding hydrogens is 92.1 g/mol. The van der Waals surface area contributed by atoms with Gasteiger partial charge in [-0.05, 0) is 6.92 Å². The average Bonchev–Trinajstić information content (AvgIpc) is 1.68. The van der Waals surface area contributed by atoms with Gasteiger partial charge in [0.05, 0.1) is 0 Å². The van der Waals surface area contributed by atoms with Crippen molar-refractivity contribution in [2.75, 3.05) is 13.6 Å². The maximum Gasteiger partial charge on any atom is 0.130 e. The van der Waals surface area contributed by atoms with Crippen molar-refractivity contribution in [3.63, 3.8) is 0 Å². The Balaban J connectivity index is 3.16. The summed E-state index contributed by atoms with van der Waals surface area (Å²) in [6, 6.07) is 0. The molecule has 0 unspecified atom stereocenters. The molecule has 1 N–H and O–H groups in total. The number of rotatable bonds is 2.